The maximum absolute atomic E-state index is 11.7. The van der Waals surface area contributed by atoms with E-state index in [1.54, 1.807) is 18.5 Å². The molecule has 4 heteroatoms. The summed E-state index contributed by atoms with van der Waals surface area (Å²) in [5, 5.41) is 19.0. The predicted octanol–water partition coefficient (Wildman–Crippen LogP) is 4.55. The molecule has 0 atom stereocenters. The maximum atomic E-state index is 11.7. The van der Waals surface area contributed by atoms with Gasteiger partial charge in [0.15, 0.2) is 0 Å². The number of rotatable bonds is 6. The van der Waals surface area contributed by atoms with Crippen molar-refractivity contribution in [2.75, 3.05) is 0 Å². The molecular weight excluding hydrogens is 300 g/mol. The summed E-state index contributed by atoms with van der Waals surface area (Å²) in [7, 11) is 1.69. The van der Waals surface area contributed by atoms with Crippen LogP contribution in [-0.4, -0.2) is 15.6 Å². The number of nitriles is 1. The van der Waals surface area contributed by atoms with Gasteiger partial charge < -0.3 is 9.67 Å². The van der Waals surface area contributed by atoms with Crippen molar-refractivity contribution in [2.24, 2.45) is 13.0 Å². The van der Waals surface area contributed by atoms with E-state index in [1.165, 1.54) is 5.56 Å². The molecule has 0 aliphatic carbocycles. The quantitative estimate of drug-likeness (QED) is 0.847. The molecule has 2 rings (SSSR count). The number of benzene rings is 1. The van der Waals surface area contributed by atoms with Crippen molar-refractivity contribution >= 4 is 5.97 Å². The third-order valence-electron chi connectivity index (χ3n) is 4.92. The Balaban J connectivity index is 2.48. The van der Waals surface area contributed by atoms with Crippen molar-refractivity contribution in [1.82, 2.24) is 4.57 Å². The number of carboxylic acids is 1. The maximum Gasteiger partial charge on any atom is 0.353 e. The van der Waals surface area contributed by atoms with Crippen LogP contribution in [0.3, 0.4) is 0 Å². The standard InChI is InChI=1S/C20H24N2O2/c1-5-14(6-2)11-15-7-9-16(10-8-15)18-17(12-21)13(3)22(4)19(18)20(23)24/h7-10,14H,5-6,11H2,1-4H3,(H,23,24). The molecule has 4 nitrogen and oxygen atoms in total. The molecular formula is C20H24N2O2. The van der Waals surface area contributed by atoms with E-state index in [9.17, 15) is 15.2 Å². The van der Waals surface area contributed by atoms with Gasteiger partial charge in [-0.25, -0.2) is 4.79 Å². The Hall–Kier alpha value is -2.54. The van der Waals surface area contributed by atoms with Gasteiger partial charge in [0.1, 0.15) is 11.8 Å². The predicted molar refractivity (Wildman–Crippen MR) is 95.0 cm³/mol. The molecule has 0 aliphatic heterocycles. The van der Waals surface area contributed by atoms with E-state index in [0.29, 0.717) is 22.7 Å². The Morgan fingerprint density at radius 2 is 1.83 bits per heavy atom. The summed E-state index contributed by atoms with van der Waals surface area (Å²) >= 11 is 0. The average molecular weight is 324 g/mol. The van der Waals surface area contributed by atoms with Gasteiger partial charge in [-0.3, -0.25) is 0 Å². The van der Waals surface area contributed by atoms with Gasteiger partial charge in [0, 0.05) is 18.3 Å². The number of nitrogens with zero attached hydrogens (tertiary/aromatic N) is 2. The van der Waals surface area contributed by atoms with Gasteiger partial charge >= 0.3 is 5.97 Å². The summed E-state index contributed by atoms with van der Waals surface area (Å²) in [5.41, 5.74) is 3.81. The van der Waals surface area contributed by atoms with Gasteiger partial charge in [-0.1, -0.05) is 51.0 Å². The zero-order valence-electron chi connectivity index (χ0n) is 14.8. The first kappa shape index (κ1) is 17.8. The zero-order chi connectivity index (χ0) is 17.9. The lowest BCUT2D eigenvalue weighted by atomic mass is 9.93. The third-order valence-corrected chi connectivity index (χ3v) is 4.92. The van der Waals surface area contributed by atoms with Crippen LogP contribution >= 0.6 is 0 Å². The summed E-state index contributed by atoms with van der Waals surface area (Å²) in [6.45, 7) is 6.18. The van der Waals surface area contributed by atoms with Gasteiger partial charge in [0.25, 0.3) is 0 Å². The minimum Gasteiger partial charge on any atom is -0.477 e. The fourth-order valence-corrected chi connectivity index (χ4v) is 3.19. The largest absolute Gasteiger partial charge is 0.477 e. The Kier molecular flexibility index (Phi) is 5.46. The Morgan fingerprint density at radius 1 is 1.25 bits per heavy atom. The van der Waals surface area contributed by atoms with Crippen molar-refractivity contribution < 1.29 is 9.90 Å². The molecule has 0 bridgehead atoms. The van der Waals surface area contributed by atoms with E-state index in [2.05, 4.69) is 19.9 Å². The molecule has 0 radical (unpaired) electrons. The lowest BCUT2D eigenvalue weighted by Crippen LogP contribution is -2.06. The summed E-state index contributed by atoms with van der Waals surface area (Å²) in [5.74, 6) is -0.350. The molecule has 2 aromatic rings. The highest BCUT2D eigenvalue weighted by Crippen LogP contribution is 2.32. The third kappa shape index (κ3) is 3.21. The molecule has 1 N–H and O–H groups in total. The summed E-state index contributed by atoms with van der Waals surface area (Å²) in [4.78, 5) is 11.7. The number of hydrogen-bond acceptors (Lipinski definition) is 2. The van der Waals surface area contributed by atoms with E-state index < -0.39 is 5.97 Å². The highest BCUT2D eigenvalue weighted by molar-refractivity contribution is 5.97. The summed E-state index contributed by atoms with van der Waals surface area (Å²) in [6.07, 6.45) is 3.33. The van der Waals surface area contributed by atoms with Gasteiger partial charge in [-0.2, -0.15) is 5.26 Å². The monoisotopic (exact) mass is 324 g/mol. The molecule has 0 saturated heterocycles. The molecule has 1 aromatic heterocycles. The van der Waals surface area contributed by atoms with Crippen LogP contribution in [0.15, 0.2) is 24.3 Å². The molecule has 0 spiro atoms. The van der Waals surface area contributed by atoms with Gasteiger partial charge in [-0.05, 0) is 30.4 Å². The lowest BCUT2D eigenvalue weighted by molar-refractivity contribution is 0.0687. The summed E-state index contributed by atoms with van der Waals surface area (Å²) < 4.78 is 1.58. The van der Waals surface area contributed by atoms with Crippen LogP contribution in [0.25, 0.3) is 11.1 Å². The Morgan fingerprint density at radius 3 is 2.29 bits per heavy atom. The fraction of sp³-hybridized carbons (Fsp3) is 0.400. The van der Waals surface area contributed by atoms with Crippen LogP contribution in [0.4, 0.5) is 0 Å². The van der Waals surface area contributed by atoms with Crippen LogP contribution in [-0.2, 0) is 13.5 Å². The average Bonchev–Trinajstić information content (AvgIpc) is 2.84. The molecule has 0 amide bonds. The zero-order valence-corrected chi connectivity index (χ0v) is 14.8. The van der Waals surface area contributed by atoms with Crippen molar-refractivity contribution in [3.63, 3.8) is 0 Å². The van der Waals surface area contributed by atoms with E-state index in [0.717, 1.165) is 24.8 Å². The van der Waals surface area contributed by atoms with Gasteiger partial charge in [0.05, 0.1) is 5.56 Å². The number of carboxylic acid groups (broad SMARTS) is 1. The van der Waals surface area contributed by atoms with E-state index >= 15 is 0 Å². The second-order valence-corrected chi connectivity index (χ2v) is 6.24. The van der Waals surface area contributed by atoms with Crippen molar-refractivity contribution in [3.05, 3.63) is 46.8 Å². The summed E-state index contributed by atoms with van der Waals surface area (Å²) in [6, 6.07) is 10.1. The Labute approximate surface area is 143 Å². The molecule has 1 heterocycles. The topological polar surface area (TPSA) is 66.0 Å². The first-order valence-corrected chi connectivity index (χ1v) is 8.36. The van der Waals surface area contributed by atoms with Gasteiger partial charge in [-0.15, -0.1) is 0 Å². The van der Waals surface area contributed by atoms with Crippen LogP contribution in [0.5, 0.6) is 0 Å². The molecule has 1 aromatic carbocycles. The van der Waals surface area contributed by atoms with E-state index in [1.807, 2.05) is 24.3 Å². The molecule has 0 unspecified atom stereocenters. The van der Waals surface area contributed by atoms with E-state index in [4.69, 9.17) is 0 Å². The molecule has 0 saturated carbocycles. The lowest BCUT2D eigenvalue weighted by Gasteiger charge is -2.12. The highest BCUT2D eigenvalue weighted by atomic mass is 16.4. The molecule has 0 fully saturated rings. The van der Waals surface area contributed by atoms with Crippen LogP contribution in [0, 0.1) is 24.2 Å². The van der Waals surface area contributed by atoms with E-state index in [-0.39, 0.29) is 5.69 Å². The number of carbonyl (C=O) groups is 1. The second kappa shape index (κ2) is 7.35. The highest BCUT2D eigenvalue weighted by Gasteiger charge is 2.24. The number of hydrogen-bond donors (Lipinski definition) is 1. The number of aromatic carboxylic acids is 1. The minimum absolute atomic E-state index is 0.164. The van der Waals surface area contributed by atoms with Gasteiger partial charge in [0.2, 0.25) is 0 Å². The fourth-order valence-electron chi connectivity index (χ4n) is 3.19. The first-order valence-electron chi connectivity index (χ1n) is 8.36. The second-order valence-electron chi connectivity index (χ2n) is 6.24. The normalized spacial score (nSPS) is 10.8. The van der Waals surface area contributed by atoms with Crippen LogP contribution < -0.4 is 0 Å². The molecule has 0 aliphatic rings. The van der Waals surface area contributed by atoms with Crippen LogP contribution in [0.1, 0.15) is 54.0 Å². The molecule has 24 heavy (non-hydrogen) atoms. The van der Waals surface area contributed by atoms with Crippen LogP contribution in [0.2, 0.25) is 0 Å². The molecule has 126 valence electrons. The minimum atomic E-state index is -1.02. The first-order chi connectivity index (χ1) is 11.4. The van der Waals surface area contributed by atoms with Crippen molar-refractivity contribution in [1.29, 1.82) is 5.26 Å². The smallest absolute Gasteiger partial charge is 0.353 e. The Bertz CT molecular complexity index is 775. The SMILES string of the molecule is CCC(CC)Cc1ccc(-c2c(C#N)c(C)n(C)c2C(=O)O)cc1. The number of aromatic nitrogens is 1. The van der Waals surface area contributed by atoms with Crippen molar-refractivity contribution in [2.45, 2.75) is 40.0 Å². The van der Waals surface area contributed by atoms with Crippen molar-refractivity contribution in [3.8, 4) is 17.2 Å².